The molecule has 1 amide bonds. The third kappa shape index (κ3) is 3.98. The number of benzene rings is 2. The molecular formula is C21H19F2N3O2S. The van der Waals surface area contributed by atoms with Crippen LogP contribution in [-0.2, 0) is 0 Å². The maximum absolute atomic E-state index is 14.0. The first kappa shape index (κ1) is 19.4. The van der Waals surface area contributed by atoms with Crippen molar-refractivity contribution in [3.8, 4) is 16.3 Å². The molecule has 1 aliphatic rings. The van der Waals surface area contributed by atoms with Gasteiger partial charge in [-0.3, -0.25) is 4.79 Å². The van der Waals surface area contributed by atoms with Crippen LogP contribution in [0.4, 0.5) is 8.78 Å². The monoisotopic (exact) mass is 415 g/mol. The van der Waals surface area contributed by atoms with E-state index in [1.807, 2.05) is 17.0 Å². The van der Waals surface area contributed by atoms with Crippen LogP contribution in [0.25, 0.3) is 10.6 Å². The molecular weight excluding hydrogens is 396 g/mol. The molecule has 0 bridgehead atoms. The summed E-state index contributed by atoms with van der Waals surface area (Å²) in [5, 5.41) is 9.55. The zero-order chi connectivity index (χ0) is 20.4. The summed E-state index contributed by atoms with van der Waals surface area (Å²) in [4.78, 5) is 14.6. The van der Waals surface area contributed by atoms with E-state index in [2.05, 4.69) is 10.2 Å². The Kier molecular flexibility index (Phi) is 5.53. The Hall–Kier alpha value is -2.87. The first-order chi connectivity index (χ1) is 14.1. The summed E-state index contributed by atoms with van der Waals surface area (Å²) in [7, 11) is 1.55. The highest BCUT2D eigenvalue weighted by Gasteiger charge is 2.28. The number of piperidine rings is 1. The van der Waals surface area contributed by atoms with Crippen molar-refractivity contribution in [1.82, 2.24) is 15.1 Å². The summed E-state index contributed by atoms with van der Waals surface area (Å²) in [6.45, 7) is 1.20. The zero-order valence-corrected chi connectivity index (χ0v) is 16.6. The fourth-order valence-corrected chi connectivity index (χ4v) is 4.53. The number of carbonyl (C=O) groups excluding carboxylic acids is 1. The second-order valence-corrected chi connectivity index (χ2v) is 7.85. The Morgan fingerprint density at radius 3 is 2.62 bits per heavy atom. The maximum atomic E-state index is 14.0. The molecule has 0 radical (unpaired) electrons. The summed E-state index contributed by atoms with van der Waals surface area (Å²) >= 11 is 1.32. The van der Waals surface area contributed by atoms with Crippen LogP contribution >= 0.6 is 11.3 Å². The lowest BCUT2D eigenvalue weighted by molar-refractivity contribution is 0.0709. The number of ether oxygens (including phenoxy) is 1. The van der Waals surface area contributed by atoms with Gasteiger partial charge in [0.2, 0.25) is 0 Å². The van der Waals surface area contributed by atoms with Crippen molar-refractivity contribution in [1.29, 1.82) is 0 Å². The predicted octanol–water partition coefficient (Wildman–Crippen LogP) is 4.51. The quantitative estimate of drug-likeness (QED) is 0.629. The molecule has 2 heterocycles. The lowest BCUT2D eigenvalue weighted by atomic mass is 9.97. The van der Waals surface area contributed by atoms with Gasteiger partial charge in [0.1, 0.15) is 22.4 Å². The highest BCUT2D eigenvalue weighted by Crippen LogP contribution is 2.35. The smallest absolute Gasteiger partial charge is 0.257 e. The van der Waals surface area contributed by atoms with Gasteiger partial charge in [-0.05, 0) is 37.1 Å². The number of para-hydroxylation sites is 1. The van der Waals surface area contributed by atoms with Gasteiger partial charge in [0, 0.05) is 30.6 Å². The first-order valence-corrected chi connectivity index (χ1v) is 10.1. The molecule has 0 saturated carbocycles. The average Bonchev–Trinajstić information content (AvgIpc) is 3.23. The molecule has 3 aromatic rings. The van der Waals surface area contributed by atoms with E-state index in [1.54, 1.807) is 19.2 Å². The van der Waals surface area contributed by atoms with Gasteiger partial charge in [0.25, 0.3) is 5.91 Å². The van der Waals surface area contributed by atoms with Crippen molar-refractivity contribution in [3.63, 3.8) is 0 Å². The van der Waals surface area contributed by atoms with Gasteiger partial charge in [-0.1, -0.05) is 23.5 Å². The molecule has 0 unspecified atom stereocenters. The first-order valence-electron chi connectivity index (χ1n) is 9.28. The lowest BCUT2D eigenvalue weighted by Gasteiger charge is -2.31. The van der Waals surface area contributed by atoms with Gasteiger partial charge in [-0.2, -0.15) is 0 Å². The SMILES string of the molecule is COc1ccccc1C(=O)N1CCC(c2nnc(-c3ccc(F)cc3F)s2)CC1. The van der Waals surface area contributed by atoms with Gasteiger partial charge < -0.3 is 9.64 Å². The largest absolute Gasteiger partial charge is 0.496 e. The second kappa shape index (κ2) is 8.24. The molecule has 8 heteroatoms. The third-order valence-corrected chi connectivity index (χ3v) is 6.19. The topological polar surface area (TPSA) is 55.3 Å². The Morgan fingerprint density at radius 2 is 1.90 bits per heavy atom. The molecule has 4 rings (SSSR count). The van der Waals surface area contributed by atoms with E-state index >= 15 is 0 Å². The molecule has 1 aliphatic heterocycles. The summed E-state index contributed by atoms with van der Waals surface area (Å²) in [5.41, 5.74) is 0.803. The van der Waals surface area contributed by atoms with Gasteiger partial charge >= 0.3 is 0 Å². The number of rotatable bonds is 4. The number of likely N-dealkylation sites (tertiary alicyclic amines) is 1. The van der Waals surface area contributed by atoms with E-state index in [9.17, 15) is 13.6 Å². The standard InChI is InChI=1S/C21H19F2N3O2S/c1-28-18-5-3-2-4-16(18)21(27)26-10-8-13(9-11-26)19-24-25-20(29-19)15-7-6-14(22)12-17(15)23/h2-7,12-13H,8-11H2,1H3. The molecule has 5 nitrogen and oxygen atoms in total. The van der Waals surface area contributed by atoms with Crippen LogP contribution in [0.1, 0.15) is 34.1 Å². The Morgan fingerprint density at radius 1 is 1.14 bits per heavy atom. The van der Waals surface area contributed by atoms with Crippen LogP contribution < -0.4 is 4.74 Å². The summed E-state index contributed by atoms with van der Waals surface area (Å²) in [6, 6.07) is 10.6. The molecule has 0 aliphatic carbocycles. The van der Waals surface area contributed by atoms with E-state index in [0.717, 1.165) is 23.9 Å². The Balaban J connectivity index is 1.44. The second-order valence-electron chi connectivity index (χ2n) is 6.84. The number of methoxy groups -OCH3 is 1. The predicted molar refractivity (Wildman–Crippen MR) is 106 cm³/mol. The molecule has 0 spiro atoms. The molecule has 29 heavy (non-hydrogen) atoms. The van der Waals surface area contributed by atoms with Crippen LogP contribution in [0.5, 0.6) is 5.75 Å². The molecule has 150 valence electrons. The number of halogens is 2. The van der Waals surface area contributed by atoms with Crippen LogP contribution in [0.2, 0.25) is 0 Å². The number of nitrogens with zero attached hydrogens (tertiary/aromatic N) is 3. The summed E-state index contributed by atoms with van der Waals surface area (Å²) in [5.74, 6) is -0.596. The van der Waals surface area contributed by atoms with Gasteiger partial charge in [-0.25, -0.2) is 8.78 Å². The lowest BCUT2D eigenvalue weighted by Crippen LogP contribution is -2.38. The maximum Gasteiger partial charge on any atom is 0.257 e. The summed E-state index contributed by atoms with van der Waals surface area (Å²) in [6.07, 6.45) is 1.50. The molecule has 1 aromatic heterocycles. The van der Waals surface area contributed by atoms with Crippen molar-refractivity contribution < 1.29 is 18.3 Å². The minimum absolute atomic E-state index is 0.0489. The van der Waals surface area contributed by atoms with E-state index < -0.39 is 11.6 Å². The number of hydrogen-bond acceptors (Lipinski definition) is 5. The van der Waals surface area contributed by atoms with Crippen molar-refractivity contribution in [3.05, 3.63) is 64.7 Å². The number of hydrogen-bond donors (Lipinski definition) is 0. The van der Waals surface area contributed by atoms with Crippen molar-refractivity contribution >= 4 is 17.2 Å². The van der Waals surface area contributed by atoms with Gasteiger partial charge in [0.15, 0.2) is 5.01 Å². The Bertz CT molecular complexity index is 1030. The minimum Gasteiger partial charge on any atom is -0.496 e. The number of aromatic nitrogens is 2. The highest BCUT2D eigenvalue weighted by atomic mass is 32.1. The van der Waals surface area contributed by atoms with Gasteiger partial charge in [-0.15, -0.1) is 10.2 Å². The van der Waals surface area contributed by atoms with Crippen LogP contribution in [0, 0.1) is 11.6 Å². The van der Waals surface area contributed by atoms with Crippen molar-refractivity contribution in [2.75, 3.05) is 20.2 Å². The third-order valence-electron chi connectivity index (χ3n) is 5.07. The van der Waals surface area contributed by atoms with Crippen LogP contribution in [0.15, 0.2) is 42.5 Å². The van der Waals surface area contributed by atoms with E-state index in [0.29, 0.717) is 29.4 Å². The molecule has 2 aromatic carbocycles. The number of amides is 1. The molecule has 0 atom stereocenters. The molecule has 0 N–H and O–H groups in total. The van der Waals surface area contributed by atoms with Crippen LogP contribution in [-0.4, -0.2) is 41.2 Å². The minimum atomic E-state index is -0.648. The van der Waals surface area contributed by atoms with Gasteiger partial charge in [0.05, 0.1) is 12.7 Å². The van der Waals surface area contributed by atoms with E-state index in [4.69, 9.17) is 4.74 Å². The molecule has 1 saturated heterocycles. The van der Waals surface area contributed by atoms with Crippen LogP contribution in [0.3, 0.4) is 0 Å². The highest BCUT2D eigenvalue weighted by molar-refractivity contribution is 7.14. The van der Waals surface area contributed by atoms with E-state index in [1.165, 1.54) is 23.5 Å². The summed E-state index contributed by atoms with van der Waals surface area (Å²) < 4.78 is 32.4. The normalized spacial score (nSPS) is 14.8. The number of carbonyl (C=O) groups is 1. The van der Waals surface area contributed by atoms with Crippen molar-refractivity contribution in [2.24, 2.45) is 0 Å². The average molecular weight is 415 g/mol. The molecule has 1 fully saturated rings. The fourth-order valence-electron chi connectivity index (χ4n) is 3.49. The zero-order valence-electron chi connectivity index (χ0n) is 15.8. The fraction of sp³-hybridized carbons (Fsp3) is 0.286. The van der Waals surface area contributed by atoms with E-state index in [-0.39, 0.29) is 17.4 Å². The Labute approximate surface area is 171 Å². The van der Waals surface area contributed by atoms with Crippen molar-refractivity contribution in [2.45, 2.75) is 18.8 Å².